The molecule has 1 fully saturated rings. The van der Waals surface area contributed by atoms with Crippen molar-refractivity contribution in [3.05, 3.63) is 0 Å². The van der Waals surface area contributed by atoms with E-state index in [4.69, 9.17) is 18.0 Å². The first-order valence-corrected chi connectivity index (χ1v) is 7.31. The van der Waals surface area contributed by atoms with Gasteiger partial charge in [0.15, 0.2) is 0 Å². The summed E-state index contributed by atoms with van der Waals surface area (Å²) >= 11 is 6.89. The van der Waals surface area contributed by atoms with E-state index < -0.39 is 0 Å². The molecule has 0 aromatic heterocycles. The second kappa shape index (κ2) is 6.45. The molecule has 1 aliphatic rings. The molecule has 1 saturated heterocycles. The molecule has 1 heterocycles. The van der Waals surface area contributed by atoms with Gasteiger partial charge >= 0.3 is 0 Å². The summed E-state index contributed by atoms with van der Waals surface area (Å²) in [5, 5.41) is 0. The van der Waals surface area contributed by atoms with E-state index in [1.807, 2.05) is 23.6 Å². The largest absolute Gasteiger partial charge is 0.393 e. The van der Waals surface area contributed by atoms with Crippen molar-refractivity contribution >= 4 is 34.9 Å². The zero-order valence-corrected chi connectivity index (χ0v) is 11.6. The summed E-state index contributed by atoms with van der Waals surface area (Å²) < 4.78 is 0. The van der Waals surface area contributed by atoms with E-state index in [2.05, 4.69) is 6.92 Å². The zero-order chi connectivity index (χ0) is 12.1. The van der Waals surface area contributed by atoms with Crippen LogP contribution in [-0.4, -0.2) is 39.9 Å². The number of hydrogen-bond donors (Lipinski definition) is 1. The second-order valence-electron chi connectivity index (χ2n) is 4.20. The highest BCUT2D eigenvalue weighted by atomic mass is 32.2. The number of hydrogen-bond acceptors (Lipinski definition) is 3. The normalized spacial score (nSPS) is 22.9. The molecule has 0 aliphatic carbocycles. The number of carbonyl (C=O) groups excluding carboxylic acids is 1. The highest BCUT2D eigenvalue weighted by molar-refractivity contribution is 7.99. The Balaban J connectivity index is 2.68. The molecule has 2 atom stereocenters. The third-order valence-electron chi connectivity index (χ3n) is 2.87. The number of nitrogens with two attached hydrogens (primary N) is 1. The van der Waals surface area contributed by atoms with Crippen LogP contribution in [0, 0.1) is 5.92 Å². The van der Waals surface area contributed by atoms with Crippen LogP contribution in [-0.2, 0) is 4.79 Å². The van der Waals surface area contributed by atoms with Crippen LogP contribution >= 0.6 is 24.0 Å². The van der Waals surface area contributed by atoms with E-state index in [0.29, 0.717) is 11.0 Å². The first-order valence-electron chi connectivity index (χ1n) is 5.75. The van der Waals surface area contributed by atoms with Gasteiger partial charge in [0.25, 0.3) is 0 Å². The fraction of sp³-hybridized carbons (Fsp3) is 0.818. The average Bonchev–Trinajstić information content (AvgIpc) is 2.25. The summed E-state index contributed by atoms with van der Waals surface area (Å²) in [6.45, 7) is 4.97. The molecule has 3 nitrogen and oxygen atoms in total. The van der Waals surface area contributed by atoms with E-state index in [-0.39, 0.29) is 11.8 Å². The monoisotopic (exact) mass is 260 g/mol. The van der Waals surface area contributed by atoms with Crippen molar-refractivity contribution in [3.63, 3.8) is 0 Å². The van der Waals surface area contributed by atoms with Crippen LogP contribution in [0.4, 0.5) is 0 Å². The molecule has 0 saturated carbocycles. The molecule has 5 heteroatoms. The maximum Gasteiger partial charge on any atom is 0.232 e. The van der Waals surface area contributed by atoms with E-state index in [9.17, 15) is 4.79 Å². The summed E-state index contributed by atoms with van der Waals surface area (Å²) in [4.78, 5) is 14.6. The maximum atomic E-state index is 12.3. The van der Waals surface area contributed by atoms with Gasteiger partial charge in [-0.3, -0.25) is 4.79 Å². The number of amides is 1. The molecule has 0 spiro atoms. The first-order chi connectivity index (χ1) is 7.57. The fourth-order valence-corrected chi connectivity index (χ4v) is 3.16. The Hall–Kier alpha value is -0.290. The van der Waals surface area contributed by atoms with Gasteiger partial charge in [-0.15, -0.1) is 0 Å². The van der Waals surface area contributed by atoms with E-state index in [1.54, 1.807) is 0 Å². The Morgan fingerprint density at radius 1 is 1.69 bits per heavy atom. The smallest absolute Gasteiger partial charge is 0.232 e. The molecular formula is C11H20N2OS2. The summed E-state index contributed by atoms with van der Waals surface area (Å²) in [6, 6.07) is 0.306. The number of nitrogens with zero attached hydrogens (tertiary/aromatic N) is 1. The van der Waals surface area contributed by atoms with E-state index in [1.165, 1.54) is 0 Å². The van der Waals surface area contributed by atoms with Crippen molar-refractivity contribution in [2.75, 3.05) is 18.1 Å². The standard InChI is InChI=1S/C11H20N2OS2/c1-3-4-9(10(12)15)11(14)13-5-6-16-7-8(13)2/h8-9H,3-7H2,1-2H3,(H2,12,15). The number of thiocarbonyl (C=S) groups is 1. The van der Waals surface area contributed by atoms with Crippen LogP contribution in [0.2, 0.25) is 0 Å². The molecule has 1 aliphatic heterocycles. The Morgan fingerprint density at radius 3 is 2.88 bits per heavy atom. The van der Waals surface area contributed by atoms with Crippen LogP contribution in [0.3, 0.4) is 0 Å². The van der Waals surface area contributed by atoms with Crippen molar-refractivity contribution in [2.45, 2.75) is 32.7 Å². The number of thioether (sulfide) groups is 1. The lowest BCUT2D eigenvalue weighted by atomic mass is 10.0. The lowest BCUT2D eigenvalue weighted by Crippen LogP contribution is -2.49. The predicted octanol–water partition coefficient (Wildman–Crippen LogP) is 1.65. The molecule has 2 unspecified atom stereocenters. The van der Waals surface area contributed by atoms with Gasteiger partial charge in [-0.05, 0) is 13.3 Å². The van der Waals surface area contributed by atoms with Crippen LogP contribution < -0.4 is 5.73 Å². The molecule has 0 aromatic carbocycles. The average molecular weight is 260 g/mol. The highest BCUT2D eigenvalue weighted by Gasteiger charge is 2.30. The van der Waals surface area contributed by atoms with Gasteiger partial charge in [0, 0.05) is 24.1 Å². The van der Waals surface area contributed by atoms with Gasteiger partial charge < -0.3 is 10.6 Å². The van der Waals surface area contributed by atoms with Crippen molar-refractivity contribution in [1.82, 2.24) is 4.90 Å². The summed E-state index contributed by atoms with van der Waals surface area (Å²) in [5.74, 6) is 1.90. The summed E-state index contributed by atoms with van der Waals surface area (Å²) in [6.07, 6.45) is 1.70. The highest BCUT2D eigenvalue weighted by Crippen LogP contribution is 2.20. The summed E-state index contributed by atoms with van der Waals surface area (Å²) in [7, 11) is 0. The van der Waals surface area contributed by atoms with Gasteiger partial charge in [-0.25, -0.2) is 0 Å². The molecule has 92 valence electrons. The van der Waals surface area contributed by atoms with Gasteiger partial charge in [0.05, 0.1) is 10.9 Å². The minimum absolute atomic E-state index is 0.127. The lowest BCUT2D eigenvalue weighted by molar-refractivity contribution is -0.135. The van der Waals surface area contributed by atoms with E-state index >= 15 is 0 Å². The SMILES string of the molecule is CCCC(C(=O)N1CCSCC1C)C(N)=S. The fourth-order valence-electron chi connectivity index (χ4n) is 1.93. The Bertz CT molecular complexity index is 271. The van der Waals surface area contributed by atoms with Crippen LogP contribution in [0.5, 0.6) is 0 Å². The van der Waals surface area contributed by atoms with Crippen LogP contribution in [0.1, 0.15) is 26.7 Å². The van der Waals surface area contributed by atoms with Crippen LogP contribution in [0.15, 0.2) is 0 Å². The Kier molecular flexibility index (Phi) is 5.55. The molecule has 0 radical (unpaired) electrons. The third kappa shape index (κ3) is 3.35. The Morgan fingerprint density at radius 2 is 2.38 bits per heavy atom. The quantitative estimate of drug-likeness (QED) is 0.781. The van der Waals surface area contributed by atoms with Crippen molar-refractivity contribution in [3.8, 4) is 0 Å². The molecule has 0 bridgehead atoms. The van der Waals surface area contributed by atoms with Crippen molar-refractivity contribution in [2.24, 2.45) is 11.7 Å². The lowest BCUT2D eigenvalue weighted by Gasteiger charge is -2.35. The molecular weight excluding hydrogens is 240 g/mol. The van der Waals surface area contributed by atoms with Crippen molar-refractivity contribution in [1.29, 1.82) is 0 Å². The molecule has 2 N–H and O–H groups in total. The van der Waals surface area contributed by atoms with Gasteiger partial charge in [0.1, 0.15) is 0 Å². The Labute approximate surface area is 107 Å². The zero-order valence-electron chi connectivity index (χ0n) is 9.94. The van der Waals surface area contributed by atoms with Gasteiger partial charge in [0.2, 0.25) is 5.91 Å². The predicted molar refractivity (Wildman–Crippen MR) is 73.7 cm³/mol. The van der Waals surface area contributed by atoms with Crippen molar-refractivity contribution < 1.29 is 4.79 Å². The topological polar surface area (TPSA) is 46.3 Å². The molecule has 1 rings (SSSR count). The molecule has 16 heavy (non-hydrogen) atoms. The number of carbonyl (C=O) groups is 1. The van der Waals surface area contributed by atoms with Gasteiger partial charge in [-0.1, -0.05) is 25.6 Å². The minimum Gasteiger partial charge on any atom is -0.393 e. The van der Waals surface area contributed by atoms with Gasteiger partial charge in [-0.2, -0.15) is 11.8 Å². The number of rotatable bonds is 4. The second-order valence-corrected chi connectivity index (χ2v) is 5.82. The van der Waals surface area contributed by atoms with Crippen LogP contribution in [0.25, 0.3) is 0 Å². The third-order valence-corrected chi connectivity index (χ3v) is 4.34. The first kappa shape index (κ1) is 13.8. The molecule has 0 aromatic rings. The minimum atomic E-state index is -0.259. The summed E-state index contributed by atoms with van der Waals surface area (Å²) in [5.41, 5.74) is 5.65. The van der Waals surface area contributed by atoms with E-state index in [0.717, 1.165) is 30.9 Å². The maximum absolute atomic E-state index is 12.3. The molecule has 1 amide bonds.